The first-order valence-electron chi connectivity index (χ1n) is 11.5. The molecule has 0 saturated carbocycles. The highest BCUT2D eigenvalue weighted by molar-refractivity contribution is 7.89. The van der Waals surface area contributed by atoms with E-state index in [9.17, 15) is 13.2 Å². The fraction of sp³-hybridized carbons (Fsp3) is 0.375. The van der Waals surface area contributed by atoms with Gasteiger partial charge in [-0.1, -0.05) is 11.2 Å². The third-order valence-electron chi connectivity index (χ3n) is 6.35. The smallest absolute Gasteiger partial charge is 0.250 e. The maximum absolute atomic E-state index is 13.1. The molecule has 34 heavy (non-hydrogen) atoms. The van der Waals surface area contributed by atoms with Crippen LogP contribution in [0, 0.1) is 5.92 Å². The molecule has 10 heteroatoms. The van der Waals surface area contributed by atoms with E-state index in [1.807, 2.05) is 28.5 Å². The van der Waals surface area contributed by atoms with Crippen molar-refractivity contribution in [2.24, 2.45) is 5.92 Å². The first kappa shape index (κ1) is 22.9. The molecule has 1 amide bonds. The van der Waals surface area contributed by atoms with Crippen LogP contribution in [0.1, 0.15) is 36.5 Å². The molecule has 4 heterocycles. The van der Waals surface area contributed by atoms with Crippen LogP contribution >= 0.6 is 11.3 Å². The summed E-state index contributed by atoms with van der Waals surface area (Å²) >= 11 is 1.61. The fourth-order valence-electron chi connectivity index (χ4n) is 4.42. The minimum atomic E-state index is -3.62. The molecule has 8 nitrogen and oxygen atoms in total. The molecule has 5 rings (SSSR count). The van der Waals surface area contributed by atoms with Crippen molar-refractivity contribution >= 4 is 39.4 Å². The van der Waals surface area contributed by atoms with Crippen LogP contribution in [0.3, 0.4) is 0 Å². The topological polar surface area (TPSA) is 96.6 Å². The maximum atomic E-state index is 13.1. The number of amides is 1. The van der Waals surface area contributed by atoms with Crippen molar-refractivity contribution in [1.82, 2.24) is 19.3 Å². The second-order valence-electron chi connectivity index (χ2n) is 8.54. The Morgan fingerprint density at radius 2 is 1.76 bits per heavy atom. The second kappa shape index (κ2) is 9.81. The molecule has 0 bridgehead atoms. The summed E-state index contributed by atoms with van der Waals surface area (Å²) in [6.45, 7) is 2.38. The van der Waals surface area contributed by atoms with E-state index in [0.29, 0.717) is 43.2 Å². The lowest BCUT2D eigenvalue weighted by atomic mass is 9.97. The van der Waals surface area contributed by atoms with Crippen molar-refractivity contribution in [3.05, 3.63) is 52.5 Å². The lowest BCUT2D eigenvalue weighted by Gasteiger charge is -2.32. The highest BCUT2D eigenvalue weighted by atomic mass is 32.2. The van der Waals surface area contributed by atoms with E-state index in [-0.39, 0.29) is 16.7 Å². The van der Waals surface area contributed by atoms with Crippen molar-refractivity contribution < 1.29 is 17.7 Å². The Hall–Kier alpha value is -2.82. The van der Waals surface area contributed by atoms with Crippen LogP contribution in [0.25, 0.3) is 23.5 Å². The van der Waals surface area contributed by atoms with Crippen LogP contribution < -0.4 is 0 Å². The van der Waals surface area contributed by atoms with Crippen LogP contribution in [0.2, 0.25) is 0 Å². The Labute approximate surface area is 202 Å². The zero-order chi connectivity index (χ0) is 23.5. The second-order valence-corrected chi connectivity index (χ2v) is 11.5. The number of hydrogen-bond acceptors (Lipinski definition) is 7. The number of nitrogens with zero attached hydrogens (tertiary/aromatic N) is 4. The summed E-state index contributed by atoms with van der Waals surface area (Å²) in [6.07, 6.45) is 6.91. The number of benzene rings is 1. The summed E-state index contributed by atoms with van der Waals surface area (Å²) in [5, 5.41) is 5.99. The molecule has 2 aromatic heterocycles. The summed E-state index contributed by atoms with van der Waals surface area (Å²) in [7, 11) is -3.62. The molecule has 3 aromatic rings. The van der Waals surface area contributed by atoms with E-state index >= 15 is 0 Å². The van der Waals surface area contributed by atoms with Gasteiger partial charge in [-0.2, -0.15) is 9.29 Å². The lowest BCUT2D eigenvalue weighted by molar-refractivity contribution is -0.135. The Morgan fingerprint density at radius 3 is 2.44 bits per heavy atom. The SMILES string of the molecule is O=C(C1CCN(S(=O)(=O)c2ccc(-c3noc(C=Cc4cccs4)n3)cc2)CC1)N1CCCC1. The Bertz CT molecular complexity index is 1250. The van der Waals surface area contributed by atoms with Crippen molar-refractivity contribution in [3.63, 3.8) is 0 Å². The van der Waals surface area contributed by atoms with Crippen molar-refractivity contribution in [1.29, 1.82) is 0 Å². The average molecular weight is 499 g/mol. The van der Waals surface area contributed by atoms with Gasteiger partial charge in [0.05, 0.1) is 4.90 Å². The Kier molecular flexibility index (Phi) is 6.62. The summed E-state index contributed by atoms with van der Waals surface area (Å²) in [5.74, 6) is 0.888. The number of piperidine rings is 1. The van der Waals surface area contributed by atoms with E-state index in [4.69, 9.17) is 4.52 Å². The van der Waals surface area contributed by atoms with Gasteiger partial charge in [0.1, 0.15) is 0 Å². The van der Waals surface area contributed by atoms with Gasteiger partial charge in [0.15, 0.2) is 0 Å². The van der Waals surface area contributed by atoms with E-state index in [1.54, 1.807) is 41.7 Å². The Balaban J connectivity index is 1.22. The van der Waals surface area contributed by atoms with E-state index in [0.717, 1.165) is 30.8 Å². The van der Waals surface area contributed by atoms with Gasteiger partial charge in [-0.3, -0.25) is 4.79 Å². The van der Waals surface area contributed by atoms with Crippen LogP contribution in [0.5, 0.6) is 0 Å². The highest BCUT2D eigenvalue weighted by Gasteiger charge is 2.34. The highest BCUT2D eigenvalue weighted by Crippen LogP contribution is 2.27. The van der Waals surface area contributed by atoms with Gasteiger partial charge in [0.2, 0.25) is 21.8 Å². The number of carbonyl (C=O) groups is 1. The third-order valence-corrected chi connectivity index (χ3v) is 9.10. The first-order chi connectivity index (χ1) is 16.5. The summed E-state index contributed by atoms with van der Waals surface area (Å²) in [4.78, 5) is 20.2. The maximum Gasteiger partial charge on any atom is 0.250 e. The average Bonchev–Trinajstić information content (AvgIpc) is 3.65. The van der Waals surface area contributed by atoms with Gasteiger partial charge in [-0.05, 0) is 67.5 Å². The number of sulfonamides is 1. The molecule has 2 fully saturated rings. The molecule has 2 aliphatic heterocycles. The molecule has 0 N–H and O–H groups in total. The van der Waals surface area contributed by atoms with Crippen LogP contribution in [-0.4, -0.2) is 59.8 Å². The zero-order valence-electron chi connectivity index (χ0n) is 18.7. The van der Waals surface area contributed by atoms with Crippen molar-refractivity contribution in [3.8, 4) is 11.4 Å². The molecule has 0 spiro atoms. The largest absolute Gasteiger partial charge is 0.342 e. The summed E-state index contributed by atoms with van der Waals surface area (Å²) in [5.41, 5.74) is 0.674. The quantitative estimate of drug-likeness (QED) is 0.510. The predicted molar refractivity (Wildman–Crippen MR) is 130 cm³/mol. The summed E-state index contributed by atoms with van der Waals surface area (Å²) < 4.78 is 33.0. The molecule has 178 valence electrons. The number of likely N-dealkylation sites (tertiary alicyclic amines) is 1. The molecule has 2 aliphatic rings. The minimum Gasteiger partial charge on any atom is -0.342 e. The van der Waals surface area contributed by atoms with Gasteiger partial charge in [-0.25, -0.2) is 8.42 Å². The van der Waals surface area contributed by atoms with E-state index in [1.165, 1.54) is 4.31 Å². The monoisotopic (exact) mass is 498 g/mol. The lowest BCUT2D eigenvalue weighted by Crippen LogP contribution is -2.43. The summed E-state index contributed by atoms with van der Waals surface area (Å²) in [6, 6.07) is 10.5. The molecule has 0 radical (unpaired) electrons. The molecule has 0 atom stereocenters. The molecule has 0 aliphatic carbocycles. The molecular formula is C24H26N4O4S2. The number of hydrogen-bond donors (Lipinski definition) is 0. The molecule has 2 saturated heterocycles. The number of carbonyl (C=O) groups excluding carboxylic acids is 1. The third kappa shape index (κ3) is 4.84. The molecule has 1 aromatic carbocycles. The standard InChI is InChI=1S/C24H26N4O4S2/c29-24(27-13-1-2-14-27)19-11-15-28(16-12-19)34(30,31)21-8-5-18(6-9-21)23-25-22(32-26-23)10-7-20-4-3-17-33-20/h3-10,17,19H,1-2,11-16H2. The van der Waals surface area contributed by atoms with Gasteiger partial charge in [0.25, 0.3) is 5.89 Å². The van der Waals surface area contributed by atoms with Crippen molar-refractivity contribution in [2.75, 3.05) is 26.2 Å². The van der Waals surface area contributed by atoms with Gasteiger partial charge >= 0.3 is 0 Å². The van der Waals surface area contributed by atoms with E-state index < -0.39 is 10.0 Å². The van der Waals surface area contributed by atoms with Crippen molar-refractivity contribution in [2.45, 2.75) is 30.6 Å². The number of aromatic nitrogens is 2. The van der Waals surface area contributed by atoms with Crippen LogP contribution in [0.15, 0.2) is 51.2 Å². The zero-order valence-corrected chi connectivity index (χ0v) is 20.3. The number of thiophene rings is 1. The van der Waals surface area contributed by atoms with Gasteiger partial charge in [0, 0.05) is 48.6 Å². The van der Waals surface area contributed by atoms with Gasteiger partial charge < -0.3 is 9.42 Å². The molecular weight excluding hydrogens is 472 g/mol. The van der Waals surface area contributed by atoms with Gasteiger partial charge in [-0.15, -0.1) is 11.3 Å². The first-order valence-corrected chi connectivity index (χ1v) is 13.8. The predicted octanol–water partition coefficient (Wildman–Crippen LogP) is 3.99. The molecule has 0 unspecified atom stereocenters. The number of rotatable bonds is 6. The van der Waals surface area contributed by atoms with Crippen LogP contribution in [0.4, 0.5) is 0 Å². The normalized spacial score (nSPS) is 18.2. The minimum absolute atomic E-state index is 0.0757. The Morgan fingerprint density at radius 1 is 1.03 bits per heavy atom. The van der Waals surface area contributed by atoms with Crippen LogP contribution in [-0.2, 0) is 14.8 Å². The van der Waals surface area contributed by atoms with E-state index in [2.05, 4.69) is 10.1 Å². The fourth-order valence-corrected chi connectivity index (χ4v) is 6.51.